The summed E-state index contributed by atoms with van der Waals surface area (Å²) in [6.07, 6.45) is 0. The lowest BCUT2D eigenvalue weighted by molar-refractivity contribution is 0.546. The predicted octanol–water partition coefficient (Wildman–Crippen LogP) is 1.67. The van der Waals surface area contributed by atoms with Gasteiger partial charge in [0.25, 0.3) is 0 Å². The van der Waals surface area contributed by atoms with Crippen molar-refractivity contribution in [1.29, 1.82) is 0 Å². The molecule has 2 heterocycles. The number of nitrogens with one attached hydrogen (secondary N) is 1. The third kappa shape index (κ3) is 1.84. The Hall–Kier alpha value is -1.17. The third-order valence-electron chi connectivity index (χ3n) is 1.80. The Morgan fingerprint density at radius 2 is 2.43 bits per heavy atom. The lowest BCUT2D eigenvalue weighted by Gasteiger charge is -1.91. The molecule has 0 fully saturated rings. The van der Waals surface area contributed by atoms with Gasteiger partial charge >= 0.3 is 0 Å². The van der Waals surface area contributed by atoms with Gasteiger partial charge < -0.3 is 4.42 Å². The molecule has 0 aromatic carbocycles. The van der Waals surface area contributed by atoms with Crippen LogP contribution in [0.1, 0.15) is 10.8 Å². The average molecular weight is 209 g/mol. The summed E-state index contributed by atoms with van der Waals surface area (Å²) in [5.41, 5.74) is 3.44. The molecule has 0 aliphatic rings. The van der Waals surface area contributed by atoms with Crippen molar-refractivity contribution in [2.75, 3.05) is 0 Å². The Morgan fingerprint density at radius 1 is 1.57 bits per heavy atom. The van der Waals surface area contributed by atoms with Crippen LogP contribution in [-0.4, -0.2) is 4.98 Å². The van der Waals surface area contributed by atoms with Gasteiger partial charge in [0.15, 0.2) is 5.76 Å². The van der Waals surface area contributed by atoms with Gasteiger partial charge in [-0.2, -0.15) is 0 Å². The van der Waals surface area contributed by atoms with Crippen molar-refractivity contribution in [2.45, 2.75) is 13.5 Å². The largest absolute Gasteiger partial charge is 0.460 e. The number of hydrogen-bond acceptors (Lipinski definition) is 5. The van der Waals surface area contributed by atoms with E-state index >= 15 is 0 Å². The minimum Gasteiger partial charge on any atom is -0.460 e. The molecule has 2 aromatic heterocycles. The average Bonchev–Trinajstić information content (AvgIpc) is 2.74. The molecule has 2 aromatic rings. The van der Waals surface area contributed by atoms with Crippen molar-refractivity contribution in [2.24, 2.45) is 5.84 Å². The van der Waals surface area contributed by atoms with Crippen molar-refractivity contribution < 1.29 is 4.42 Å². The standard InChI is InChI=1S/C9H11N3OS/c1-6-2-3-8(13-6)7-5-14-9(12-7)4-11-10/h2-3,5,11H,4,10H2,1H3. The Bertz CT molecular complexity index is 421. The maximum atomic E-state index is 5.45. The minimum absolute atomic E-state index is 0.588. The van der Waals surface area contributed by atoms with E-state index in [2.05, 4.69) is 10.4 Å². The number of rotatable bonds is 3. The minimum atomic E-state index is 0.588. The van der Waals surface area contributed by atoms with Gasteiger partial charge in [-0.1, -0.05) is 0 Å². The molecule has 0 saturated heterocycles. The SMILES string of the molecule is Cc1ccc(-c2csc(CNN)n2)o1. The highest BCUT2D eigenvalue weighted by Gasteiger charge is 2.06. The molecule has 0 spiro atoms. The topological polar surface area (TPSA) is 64.1 Å². The highest BCUT2D eigenvalue weighted by molar-refractivity contribution is 7.09. The highest BCUT2D eigenvalue weighted by atomic mass is 32.1. The van der Waals surface area contributed by atoms with Crippen LogP contribution in [0.15, 0.2) is 21.9 Å². The number of hydrogen-bond donors (Lipinski definition) is 2. The van der Waals surface area contributed by atoms with E-state index < -0.39 is 0 Å². The van der Waals surface area contributed by atoms with Crippen LogP contribution >= 0.6 is 11.3 Å². The van der Waals surface area contributed by atoms with Crippen LogP contribution in [0.3, 0.4) is 0 Å². The smallest absolute Gasteiger partial charge is 0.153 e. The van der Waals surface area contributed by atoms with E-state index in [1.54, 1.807) is 11.3 Å². The first-order chi connectivity index (χ1) is 6.79. The van der Waals surface area contributed by atoms with E-state index in [4.69, 9.17) is 10.3 Å². The van der Waals surface area contributed by atoms with Gasteiger partial charge in [0.05, 0.1) is 6.54 Å². The second-order valence-corrected chi connectivity index (χ2v) is 3.86. The fraction of sp³-hybridized carbons (Fsp3) is 0.222. The molecule has 0 aliphatic carbocycles. The Kier molecular flexibility index (Phi) is 2.62. The molecule has 0 atom stereocenters. The number of furan rings is 1. The van der Waals surface area contributed by atoms with Gasteiger partial charge in [0, 0.05) is 5.38 Å². The molecule has 3 N–H and O–H groups in total. The van der Waals surface area contributed by atoms with Gasteiger partial charge in [-0.25, -0.2) is 4.98 Å². The molecular weight excluding hydrogens is 198 g/mol. The summed E-state index contributed by atoms with van der Waals surface area (Å²) in [6, 6.07) is 3.85. The van der Waals surface area contributed by atoms with Crippen LogP contribution in [0.4, 0.5) is 0 Å². The summed E-state index contributed by atoms with van der Waals surface area (Å²) in [5, 5.41) is 2.92. The van der Waals surface area contributed by atoms with Crippen LogP contribution < -0.4 is 11.3 Å². The van der Waals surface area contributed by atoms with Crippen LogP contribution in [0, 0.1) is 6.92 Å². The lowest BCUT2D eigenvalue weighted by Crippen LogP contribution is -2.20. The second kappa shape index (κ2) is 3.91. The zero-order chi connectivity index (χ0) is 9.97. The van der Waals surface area contributed by atoms with Gasteiger partial charge in [-0.3, -0.25) is 11.3 Å². The summed E-state index contributed by atoms with van der Waals surface area (Å²) in [7, 11) is 0. The first-order valence-electron chi connectivity index (χ1n) is 4.24. The zero-order valence-electron chi connectivity index (χ0n) is 7.78. The van der Waals surface area contributed by atoms with E-state index in [1.165, 1.54) is 0 Å². The Labute approximate surface area is 85.7 Å². The number of thiazole rings is 1. The van der Waals surface area contributed by atoms with E-state index in [9.17, 15) is 0 Å². The summed E-state index contributed by atoms with van der Waals surface area (Å²) in [5.74, 6) is 6.91. The monoisotopic (exact) mass is 209 g/mol. The van der Waals surface area contributed by atoms with Crippen molar-refractivity contribution in [3.05, 3.63) is 28.3 Å². The molecule has 5 heteroatoms. The maximum Gasteiger partial charge on any atom is 0.153 e. The van der Waals surface area contributed by atoms with Gasteiger partial charge in [-0.15, -0.1) is 11.3 Å². The predicted molar refractivity (Wildman–Crippen MR) is 55.6 cm³/mol. The van der Waals surface area contributed by atoms with Crippen LogP contribution in [-0.2, 0) is 6.54 Å². The van der Waals surface area contributed by atoms with Crippen molar-refractivity contribution >= 4 is 11.3 Å². The first kappa shape index (κ1) is 9.39. The van der Waals surface area contributed by atoms with Crippen LogP contribution in [0.25, 0.3) is 11.5 Å². The number of aromatic nitrogens is 1. The summed E-state index contributed by atoms with van der Waals surface area (Å²) >= 11 is 1.56. The first-order valence-corrected chi connectivity index (χ1v) is 5.12. The lowest BCUT2D eigenvalue weighted by atomic mass is 10.3. The van der Waals surface area contributed by atoms with E-state index in [1.807, 2.05) is 24.4 Å². The zero-order valence-corrected chi connectivity index (χ0v) is 8.60. The van der Waals surface area contributed by atoms with Crippen LogP contribution in [0.5, 0.6) is 0 Å². The number of nitrogens with two attached hydrogens (primary N) is 1. The fourth-order valence-electron chi connectivity index (χ4n) is 1.16. The third-order valence-corrected chi connectivity index (χ3v) is 2.65. The molecule has 0 bridgehead atoms. The molecule has 0 radical (unpaired) electrons. The van der Waals surface area contributed by atoms with Crippen LogP contribution in [0.2, 0.25) is 0 Å². The van der Waals surface area contributed by atoms with Gasteiger partial charge in [-0.05, 0) is 19.1 Å². The summed E-state index contributed by atoms with van der Waals surface area (Å²) in [4.78, 5) is 4.37. The quantitative estimate of drug-likeness (QED) is 0.596. The van der Waals surface area contributed by atoms with Gasteiger partial charge in [0.1, 0.15) is 16.5 Å². The van der Waals surface area contributed by atoms with Crippen molar-refractivity contribution in [1.82, 2.24) is 10.4 Å². The normalized spacial score (nSPS) is 10.7. The Balaban J connectivity index is 2.24. The number of nitrogens with zero attached hydrogens (tertiary/aromatic N) is 1. The molecular formula is C9H11N3OS. The number of aryl methyl sites for hydroxylation is 1. The highest BCUT2D eigenvalue weighted by Crippen LogP contribution is 2.23. The molecule has 14 heavy (non-hydrogen) atoms. The number of hydrazine groups is 1. The second-order valence-electron chi connectivity index (χ2n) is 2.92. The summed E-state index contributed by atoms with van der Waals surface area (Å²) in [6.45, 7) is 2.50. The molecule has 4 nitrogen and oxygen atoms in total. The molecule has 0 amide bonds. The van der Waals surface area contributed by atoms with Crippen molar-refractivity contribution in [3.63, 3.8) is 0 Å². The summed E-state index contributed by atoms with van der Waals surface area (Å²) < 4.78 is 5.45. The molecule has 2 rings (SSSR count). The fourth-order valence-corrected chi connectivity index (χ4v) is 1.90. The van der Waals surface area contributed by atoms with E-state index in [0.29, 0.717) is 6.54 Å². The molecule has 74 valence electrons. The van der Waals surface area contributed by atoms with Gasteiger partial charge in [0.2, 0.25) is 0 Å². The molecule has 0 saturated carbocycles. The molecule has 0 unspecified atom stereocenters. The van der Waals surface area contributed by atoms with E-state index in [-0.39, 0.29) is 0 Å². The Morgan fingerprint density at radius 3 is 3.07 bits per heavy atom. The van der Waals surface area contributed by atoms with Crippen molar-refractivity contribution in [3.8, 4) is 11.5 Å². The molecule has 0 aliphatic heterocycles. The van der Waals surface area contributed by atoms with E-state index in [0.717, 1.165) is 22.2 Å². The maximum absolute atomic E-state index is 5.45.